The van der Waals surface area contributed by atoms with Gasteiger partial charge in [-0.2, -0.15) is 0 Å². The molecule has 0 aliphatic rings. The van der Waals surface area contributed by atoms with Crippen LogP contribution in [0.3, 0.4) is 0 Å². The summed E-state index contributed by atoms with van der Waals surface area (Å²) in [6.07, 6.45) is 2.96. The molecule has 100 valence electrons. The second-order valence-electron chi connectivity index (χ2n) is 4.13. The van der Waals surface area contributed by atoms with E-state index in [-0.39, 0.29) is 6.10 Å². The summed E-state index contributed by atoms with van der Waals surface area (Å²) in [7, 11) is 0. The molecule has 18 heavy (non-hydrogen) atoms. The van der Waals surface area contributed by atoms with Crippen molar-refractivity contribution in [2.75, 3.05) is 13.2 Å². The van der Waals surface area contributed by atoms with Crippen molar-refractivity contribution in [3.05, 3.63) is 28.2 Å². The number of unbranched alkanes of at least 4 members (excludes halogenated alkanes) is 1. The number of ether oxygens (including phenoxy) is 2. The Kier molecular flexibility index (Phi) is 6.98. The summed E-state index contributed by atoms with van der Waals surface area (Å²) in [6, 6.07) is 5.38. The lowest BCUT2D eigenvalue weighted by Gasteiger charge is -2.16. The minimum atomic E-state index is -0.0416. The van der Waals surface area contributed by atoms with Gasteiger partial charge in [-0.3, -0.25) is 4.79 Å². The number of carbonyl (C=O) groups is 1. The summed E-state index contributed by atoms with van der Waals surface area (Å²) >= 11 is 3.37. The molecule has 0 fully saturated rings. The van der Waals surface area contributed by atoms with Gasteiger partial charge in [-0.25, -0.2) is 0 Å². The number of hydrogen-bond donors (Lipinski definition) is 0. The fourth-order valence-corrected chi connectivity index (χ4v) is 1.91. The predicted molar refractivity (Wildman–Crippen MR) is 75.3 cm³/mol. The molecule has 0 aliphatic carbocycles. The van der Waals surface area contributed by atoms with E-state index in [0.29, 0.717) is 22.4 Å². The van der Waals surface area contributed by atoms with E-state index in [1.165, 1.54) is 0 Å². The van der Waals surface area contributed by atoms with Crippen LogP contribution in [0.25, 0.3) is 0 Å². The van der Waals surface area contributed by atoms with Crippen LogP contribution >= 0.6 is 15.9 Å². The van der Waals surface area contributed by atoms with Gasteiger partial charge in [-0.05, 0) is 35.3 Å². The fraction of sp³-hybridized carbons (Fsp3) is 0.500. The number of hydrogen-bond acceptors (Lipinski definition) is 3. The minimum absolute atomic E-state index is 0.0416. The first-order valence-electron chi connectivity index (χ1n) is 6.17. The quantitative estimate of drug-likeness (QED) is 0.540. The van der Waals surface area contributed by atoms with Crippen LogP contribution in [0, 0.1) is 0 Å². The van der Waals surface area contributed by atoms with Gasteiger partial charge in [0.05, 0.1) is 11.1 Å². The molecule has 0 aliphatic heterocycles. The van der Waals surface area contributed by atoms with Crippen LogP contribution in [-0.4, -0.2) is 25.6 Å². The van der Waals surface area contributed by atoms with Gasteiger partial charge in [0.1, 0.15) is 11.9 Å². The Hall–Kier alpha value is -0.870. The molecule has 0 spiro atoms. The Labute approximate surface area is 117 Å². The molecule has 1 aromatic carbocycles. The van der Waals surface area contributed by atoms with E-state index < -0.39 is 0 Å². The number of halogens is 1. The molecule has 0 N–H and O–H groups in total. The number of carbonyl (C=O) groups excluding carboxylic acids is 1. The lowest BCUT2D eigenvalue weighted by molar-refractivity contribution is 0.0568. The van der Waals surface area contributed by atoms with Crippen molar-refractivity contribution in [2.24, 2.45) is 0 Å². The van der Waals surface area contributed by atoms with Gasteiger partial charge >= 0.3 is 0 Å². The molecule has 3 nitrogen and oxygen atoms in total. The average Bonchev–Trinajstić information content (AvgIpc) is 2.37. The van der Waals surface area contributed by atoms with E-state index in [9.17, 15) is 4.79 Å². The van der Waals surface area contributed by atoms with Crippen molar-refractivity contribution in [1.82, 2.24) is 0 Å². The van der Waals surface area contributed by atoms with Crippen LogP contribution in [0.1, 0.15) is 37.0 Å². The summed E-state index contributed by atoms with van der Waals surface area (Å²) in [6.45, 7) is 5.40. The summed E-state index contributed by atoms with van der Waals surface area (Å²) in [5.74, 6) is 0.672. The number of rotatable bonds is 8. The highest BCUT2D eigenvalue weighted by atomic mass is 79.9. The minimum Gasteiger partial charge on any atom is -0.487 e. The molecule has 0 heterocycles. The molecule has 1 atom stereocenters. The maximum atomic E-state index is 10.8. The normalized spacial score (nSPS) is 12.2. The molecule has 0 saturated carbocycles. The monoisotopic (exact) mass is 314 g/mol. The second kappa shape index (κ2) is 8.27. The van der Waals surface area contributed by atoms with Gasteiger partial charge in [0.15, 0.2) is 6.29 Å². The standard InChI is InChI=1S/C14H19BrO3/c1-3-4-8-17-10-11(2)18-13-7-5-6-12(9-16)14(13)15/h5-7,9,11H,3-4,8,10H2,1-2H3. The van der Waals surface area contributed by atoms with E-state index in [0.717, 1.165) is 25.7 Å². The molecule has 0 radical (unpaired) electrons. The first-order chi connectivity index (χ1) is 8.69. The number of benzene rings is 1. The molecule has 0 aromatic heterocycles. The zero-order valence-electron chi connectivity index (χ0n) is 10.8. The topological polar surface area (TPSA) is 35.5 Å². The third kappa shape index (κ3) is 4.78. The Bertz CT molecular complexity index is 379. The highest BCUT2D eigenvalue weighted by Gasteiger charge is 2.10. The van der Waals surface area contributed by atoms with Crippen molar-refractivity contribution >= 4 is 22.2 Å². The first kappa shape index (κ1) is 15.2. The van der Waals surface area contributed by atoms with Crippen molar-refractivity contribution in [1.29, 1.82) is 0 Å². The molecule has 1 aromatic rings. The Morgan fingerprint density at radius 2 is 2.22 bits per heavy atom. The zero-order chi connectivity index (χ0) is 13.4. The smallest absolute Gasteiger partial charge is 0.151 e. The van der Waals surface area contributed by atoms with Crippen LogP contribution < -0.4 is 4.74 Å². The molecule has 4 heteroatoms. The zero-order valence-corrected chi connectivity index (χ0v) is 12.4. The number of aldehydes is 1. The van der Waals surface area contributed by atoms with E-state index in [4.69, 9.17) is 9.47 Å². The van der Waals surface area contributed by atoms with Gasteiger partial charge in [0, 0.05) is 12.2 Å². The molecule has 1 rings (SSSR count). The van der Waals surface area contributed by atoms with Gasteiger partial charge < -0.3 is 9.47 Å². The van der Waals surface area contributed by atoms with Gasteiger partial charge in [0.2, 0.25) is 0 Å². The van der Waals surface area contributed by atoms with Crippen molar-refractivity contribution < 1.29 is 14.3 Å². The Morgan fingerprint density at radius 3 is 2.89 bits per heavy atom. The average molecular weight is 315 g/mol. The highest BCUT2D eigenvalue weighted by Crippen LogP contribution is 2.28. The van der Waals surface area contributed by atoms with Gasteiger partial charge in [-0.15, -0.1) is 0 Å². The first-order valence-corrected chi connectivity index (χ1v) is 6.96. The summed E-state index contributed by atoms with van der Waals surface area (Å²) in [5, 5.41) is 0. The highest BCUT2D eigenvalue weighted by molar-refractivity contribution is 9.10. The molecule has 0 bridgehead atoms. The van der Waals surface area contributed by atoms with Gasteiger partial charge in [0.25, 0.3) is 0 Å². The lowest BCUT2D eigenvalue weighted by Crippen LogP contribution is -2.19. The molecule has 1 unspecified atom stereocenters. The summed E-state index contributed by atoms with van der Waals surface area (Å²) < 4.78 is 11.9. The Morgan fingerprint density at radius 1 is 1.44 bits per heavy atom. The lowest BCUT2D eigenvalue weighted by atomic mass is 10.2. The van der Waals surface area contributed by atoms with Crippen LogP contribution in [0.2, 0.25) is 0 Å². The van der Waals surface area contributed by atoms with E-state index >= 15 is 0 Å². The summed E-state index contributed by atoms with van der Waals surface area (Å²) in [5.41, 5.74) is 0.589. The third-order valence-corrected chi connectivity index (χ3v) is 3.29. The van der Waals surface area contributed by atoms with Crippen molar-refractivity contribution in [3.63, 3.8) is 0 Å². The second-order valence-corrected chi connectivity index (χ2v) is 4.93. The van der Waals surface area contributed by atoms with E-state index in [2.05, 4.69) is 22.9 Å². The largest absolute Gasteiger partial charge is 0.487 e. The molecule has 0 saturated heterocycles. The van der Waals surface area contributed by atoms with Crippen LogP contribution in [0.15, 0.2) is 22.7 Å². The third-order valence-electron chi connectivity index (χ3n) is 2.44. The van der Waals surface area contributed by atoms with E-state index in [1.807, 2.05) is 13.0 Å². The molecular formula is C14H19BrO3. The van der Waals surface area contributed by atoms with Gasteiger partial charge in [-0.1, -0.05) is 25.5 Å². The van der Waals surface area contributed by atoms with Crippen molar-refractivity contribution in [3.8, 4) is 5.75 Å². The molecular weight excluding hydrogens is 296 g/mol. The van der Waals surface area contributed by atoms with E-state index in [1.54, 1.807) is 12.1 Å². The SMILES string of the molecule is CCCCOCC(C)Oc1cccc(C=O)c1Br. The summed E-state index contributed by atoms with van der Waals surface area (Å²) in [4.78, 5) is 10.8. The van der Waals surface area contributed by atoms with Crippen LogP contribution in [0.5, 0.6) is 5.75 Å². The van der Waals surface area contributed by atoms with Crippen LogP contribution in [0.4, 0.5) is 0 Å². The van der Waals surface area contributed by atoms with Crippen LogP contribution in [-0.2, 0) is 4.74 Å². The fourth-order valence-electron chi connectivity index (χ4n) is 1.46. The molecule has 0 amide bonds. The Balaban J connectivity index is 2.48. The maximum absolute atomic E-state index is 10.8. The predicted octanol–water partition coefficient (Wildman–Crippen LogP) is 3.85. The van der Waals surface area contributed by atoms with Crippen molar-refractivity contribution in [2.45, 2.75) is 32.8 Å². The maximum Gasteiger partial charge on any atom is 0.151 e.